The summed E-state index contributed by atoms with van der Waals surface area (Å²) in [6, 6.07) is 8.77. The van der Waals surface area contributed by atoms with Crippen molar-refractivity contribution >= 4 is 0 Å². The van der Waals surface area contributed by atoms with Crippen molar-refractivity contribution < 1.29 is 40.1 Å². The molecule has 0 unspecified atom stereocenters. The highest BCUT2D eigenvalue weighted by Gasteiger charge is 2.56. The van der Waals surface area contributed by atoms with E-state index in [9.17, 15) is 30.6 Å². The van der Waals surface area contributed by atoms with Gasteiger partial charge in [0.05, 0.1) is 19.8 Å². The highest BCUT2D eigenvalue weighted by molar-refractivity contribution is 5.36. The Labute approximate surface area is 173 Å². The van der Waals surface area contributed by atoms with E-state index in [1.54, 1.807) is 25.3 Å². The molecule has 1 aromatic heterocycles. The molecule has 0 bridgehead atoms. The van der Waals surface area contributed by atoms with E-state index in [1.807, 2.05) is 12.1 Å². The average molecular weight is 421 g/mol. The van der Waals surface area contributed by atoms with Crippen molar-refractivity contribution in [2.24, 2.45) is 0 Å². The number of aromatic nitrogens is 1. The highest BCUT2D eigenvalue weighted by Crippen LogP contribution is 2.38. The van der Waals surface area contributed by atoms with Gasteiger partial charge in [0.15, 0.2) is 0 Å². The Morgan fingerprint density at radius 1 is 1.13 bits per heavy atom. The van der Waals surface area contributed by atoms with Crippen LogP contribution in [0.5, 0.6) is 5.75 Å². The van der Waals surface area contributed by atoms with Crippen molar-refractivity contribution in [2.75, 3.05) is 7.11 Å². The Kier molecular flexibility index (Phi) is 6.73. The van der Waals surface area contributed by atoms with E-state index in [1.165, 1.54) is 13.1 Å². The SMILES string of the molecule is COc1ccc(Cc2cc(CO)cnc2[C@@]2(O)O[C@H]([C@H](C)O)[C@@H](O)[C@H](O)[C@H]2O)cc1. The fourth-order valence-corrected chi connectivity index (χ4v) is 3.61. The molecule has 2 heterocycles. The van der Waals surface area contributed by atoms with Gasteiger partial charge in [0.25, 0.3) is 0 Å². The van der Waals surface area contributed by atoms with Crippen LogP contribution in [0.15, 0.2) is 36.5 Å². The molecule has 164 valence electrons. The quantitative estimate of drug-likeness (QED) is 0.351. The minimum Gasteiger partial charge on any atom is -0.497 e. The number of rotatable bonds is 6. The maximum atomic E-state index is 11.2. The van der Waals surface area contributed by atoms with Gasteiger partial charge in [-0.05, 0) is 48.2 Å². The summed E-state index contributed by atoms with van der Waals surface area (Å²) >= 11 is 0. The topological polar surface area (TPSA) is 153 Å². The van der Waals surface area contributed by atoms with Crippen molar-refractivity contribution in [2.45, 2.75) is 56.3 Å². The lowest BCUT2D eigenvalue weighted by Crippen LogP contribution is -2.65. The summed E-state index contributed by atoms with van der Waals surface area (Å²) in [4.78, 5) is 4.18. The normalized spacial score (nSPS) is 30.1. The lowest BCUT2D eigenvalue weighted by Gasteiger charge is -2.46. The summed E-state index contributed by atoms with van der Waals surface area (Å²) in [5, 5.41) is 61.6. The Hall–Kier alpha value is -2.11. The Bertz CT molecular complexity index is 859. The van der Waals surface area contributed by atoms with Crippen LogP contribution in [0.25, 0.3) is 0 Å². The zero-order valence-electron chi connectivity index (χ0n) is 16.7. The zero-order valence-corrected chi connectivity index (χ0v) is 16.7. The summed E-state index contributed by atoms with van der Waals surface area (Å²) in [5.74, 6) is -1.82. The molecule has 0 spiro atoms. The predicted molar refractivity (Wildman–Crippen MR) is 104 cm³/mol. The van der Waals surface area contributed by atoms with E-state index in [-0.39, 0.29) is 18.7 Å². The van der Waals surface area contributed by atoms with Crippen LogP contribution in [-0.2, 0) is 23.6 Å². The Morgan fingerprint density at radius 2 is 1.80 bits per heavy atom. The van der Waals surface area contributed by atoms with Gasteiger partial charge in [-0.2, -0.15) is 0 Å². The van der Waals surface area contributed by atoms with Crippen molar-refractivity contribution in [3.05, 3.63) is 58.9 Å². The second-order valence-electron chi connectivity index (χ2n) is 7.48. The minimum absolute atomic E-state index is 0.0837. The molecule has 0 aliphatic carbocycles. The summed E-state index contributed by atoms with van der Waals surface area (Å²) < 4.78 is 10.7. The molecule has 1 aliphatic heterocycles. The molecule has 0 saturated carbocycles. The first-order valence-electron chi connectivity index (χ1n) is 9.55. The third kappa shape index (κ3) is 4.19. The van der Waals surface area contributed by atoms with Gasteiger partial charge >= 0.3 is 0 Å². The number of aliphatic hydroxyl groups excluding tert-OH is 5. The summed E-state index contributed by atoms with van der Waals surface area (Å²) in [5.41, 5.74) is 1.65. The number of pyridine rings is 1. The summed E-state index contributed by atoms with van der Waals surface area (Å²) in [6.45, 7) is 1.04. The molecule has 6 N–H and O–H groups in total. The van der Waals surface area contributed by atoms with Crippen LogP contribution in [0.1, 0.15) is 29.3 Å². The fraction of sp³-hybridized carbons (Fsp3) is 0.476. The molecule has 9 nitrogen and oxygen atoms in total. The van der Waals surface area contributed by atoms with E-state index in [0.29, 0.717) is 16.9 Å². The highest BCUT2D eigenvalue weighted by atomic mass is 16.7. The molecule has 3 rings (SSSR count). The second kappa shape index (κ2) is 8.94. The Balaban J connectivity index is 2.04. The molecule has 6 atom stereocenters. The Morgan fingerprint density at radius 3 is 2.37 bits per heavy atom. The maximum Gasteiger partial charge on any atom is 0.240 e. The van der Waals surface area contributed by atoms with Gasteiger partial charge in [0, 0.05) is 6.20 Å². The van der Waals surface area contributed by atoms with Gasteiger partial charge < -0.3 is 40.1 Å². The predicted octanol–water partition coefficient (Wildman–Crippen LogP) is -0.819. The van der Waals surface area contributed by atoms with Crippen LogP contribution < -0.4 is 4.74 Å². The smallest absolute Gasteiger partial charge is 0.240 e. The molecule has 1 aliphatic rings. The molecule has 1 aromatic carbocycles. The fourth-order valence-electron chi connectivity index (χ4n) is 3.61. The largest absolute Gasteiger partial charge is 0.497 e. The van der Waals surface area contributed by atoms with Crippen LogP contribution in [0.2, 0.25) is 0 Å². The van der Waals surface area contributed by atoms with Crippen molar-refractivity contribution in [3.63, 3.8) is 0 Å². The van der Waals surface area contributed by atoms with Gasteiger partial charge in [-0.25, -0.2) is 0 Å². The first-order chi connectivity index (χ1) is 14.2. The lowest BCUT2D eigenvalue weighted by molar-refractivity contribution is -0.365. The van der Waals surface area contributed by atoms with E-state index in [2.05, 4.69) is 4.98 Å². The number of hydrogen-bond donors (Lipinski definition) is 6. The molecule has 0 amide bonds. The van der Waals surface area contributed by atoms with Crippen LogP contribution in [0.4, 0.5) is 0 Å². The van der Waals surface area contributed by atoms with E-state index < -0.39 is 36.3 Å². The maximum absolute atomic E-state index is 11.2. The van der Waals surface area contributed by atoms with Gasteiger partial charge in [-0.15, -0.1) is 0 Å². The van der Waals surface area contributed by atoms with E-state index in [4.69, 9.17) is 9.47 Å². The third-order valence-electron chi connectivity index (χ3n) is 5.30. The zero-order chi connectivity index (χ0) is 22.1. The number of nitrogens with zero attached hydrogens (tertiary/aromatic N) is 1. The van der Waals surface area contributed by atoms with Gasteiger partial charge in [0.2, 0.25) is 5.79 Å². The molecule has 0 radical (unpaired) electrons. The number of benzene rings is 1. The molecule has 30 heavy (non-hydrogen) atoms. The standard InChI is InChI=1S/C21H27NO8/c1-11(24)18-16(25)17(26)20(27)21(28,30-18)19-14(8-13(10-23)9-22-19)7-12-3-5-15(29-2)6-4-12/h3-6,8-9,11,16-18,20,23-28H,7,10H2,1-2H3/t11-,16-,17-,18+,20+,21+/m0/s1. The summed E-state index contributed by atoms with van der Waals surface area (Å²) in [7, 11) is 1.55. The average Bonchev–Trinajstić information content (AvgIpc) is 2.75. The number of methoxy groups -OCH3 is 1. The number of ether oxygens (including phenoxy) is 2. The van der Waals surface area contributed by atoms with Crippen molar-refractivity contribution in [3.8, 4) is 5.75 Å². The van der Waals surface area contributed by atoms with Crippen LogP contribution >= 0.6 is 0 Å². The number of hydrogen-bond acceptors (Lipinski definition) is 9. The van der Waals surface area contributed by atoms with E-state index in [0.717, 1.165) is 5.56 Å². The second-order valence-corrected chi connectivity index (χ2v) is 7.48. The molecule has 1 saturated heterocycles. The molecule has 2 aromatic rings. The van der Waals surface area contributed by atoms with Crippen molar-refractivity contribution in [1.82, 2.24) is 4.98 Å². The third-order valence-corrected chi connectivity index (χ3v) is 5.30. The van der Waals surface area contributed by atoms with Crippen molar-refractivity contribution in [1.29, 1.82) is 0 Å². The van der Waals surface area contributed by atoms with Gasteiger partial charge in [-0.3, -0.25) is 4.98 Å². The molecule has 9 heteroatoms. The minimum atomic E-state index is -2.49. The monoisotopic (exact) mass is 421 g/mol. The van der Waals surface area contributed by atoms with Crippen LogP contribution in [0, 0.1) is 0 Å². The van der Waals surface area contributed by atoms with Crippen LogP contribution in [-0.4, -0.2) is 73.3 Å². The lowest BCUT2D eigenvalue weighted by atomic mass is 9.86. The molecule has 1 fully saturated rings. The number of aliphatic hydroxyl groups is 6. The first kappa shape index (κ1) is 22.6. The van der Waals surface area contributed by atoms with Gasteiger partial charge in [-0.1, -0.05) is 12.1 Å². The first-order valence-corrected chi connectivity index (χ1v) is 9.55. The van der Waals surface area contributed by atoms with Gasteiger partial charge in [0.1, 0.15) is 35.9 Å². The molecular formula is C21H27NO8. The summed E-state index contributed by atoms with van der Waals surface area (Å²) in [6.07, 6.45) is -6.34. The van der Waals surface area contributed by atoms with E-state index >= 15 is 0 Å². The molecular weight excluding hydrogens is 394 g/mol. The van der Waals surface area contributed by atoms with Crippen LogP contribution in [0.3, 0.4) is 0 Å².